The molecule has 4 heterocycles. The standard InChI is InChI=1S/C43H27N5O2/c1-3-15-28(16-4-1)39-40(29-17-5-2-6-18-29)46-42-41(45-39)34(47-30-19-7-11-23-35(30)49-36-24-12-8-20-31(36)47)27-44-43(42)48-32-21-9-13-25-37(32)50-38-26-14-10-22-33(38)48/h1-27H. The zero-order chi connectivity index (χ0) is 33.0. The van der Waals surface area contributed by atoms with E-state index in [1.807, 2.05) is 128 Å². The normalized spacial score (nSPS) is 12.6. The second-order valence-electron chi connectivity index (χ2n) is 12.1. The quantitative estimate of drug-likeness (QED) is 0.189. The van der Waals surface area contributed by atoms with Crippen LogP contribution in [-0.2, 0) is 0 Å². The van der Waals surface area contributed by atoms with Gasteiger partial charge in [-0.25, -0.2) is 15.0 Å². The molecule has 0 N–H and O–H groups in total. The van der Waals surface area contributed by atoms with Crippen LogP contribution in [0.3, 0.4) is 0 Å². The van der Waals surface area contributed by atoms with E-state index >= 15 is 0 Å². The lowest BCUT2D eigenvalue weighted by atomic mass is 10.0. The summed E-state index contributed by atoms with van der Waals surface area (Å²) in [5, 5.41) is 0. The average Bonchev–Trinajstić information content (AvgIpc) is 3.19. The van der Waals surface area contributed by atoms with Crippen molar-refractivity contribution in [2.24, 2.45) is 0 Å². The largest absolute Gasteiger partial charge is 0.453 e. The van der Waals surface area contributed by atoms with E-state index in [2.05, 4.69) is 46.2 Å². The molecule has 0 fully saturated rings. The molecule has 8 aromatic rings. The molecule has 50 heavy (non-hydrogen) atoms. The highest BCUT2D eigenvalue weighted by molar-refractivity contribution is 6.05. The molecule has 236 valence electrons. The van der Waals surface area contributed by atoms with Gasteiger partial charge in [0, 0.05) is 11.1 Å². The van der Waals surface area contributed by atoms with Gasteiger partial charge in [0.25, 0.3) is 0 Å². The molecule has 7 nitrogen and oxygen atoms in total. The maximum atomic E-state index is 6.39. The molecule has 6 aromatic carbocycles. The van der Waals surface area contributed by atoms with Crippen LogP contribution in [0.25, 0.3) is 33.5 Å². The van der Waals surface area contributed by atoms with Gasteiger partial charge in [-0.3, -0.25) is 9.80 Å². The summed E-state index contributed by atoms with van der Waals surface area (Å²) >= 11 is 0. The Hall–Kier alpha value is -6.99. The van der Waals surface area contributed by atoms with E-state index in [0.717, 1.165) is 73.9 Å². The highest BCUT2D eigenvalue weighted by Crippen LogP contribution is 2.54. The van der Waals surface area contributed by atoms with E-state index in [-0.39, 0.29) is 0 Å². The number of aromatic nitrogens is 3. The molecule has 7 heteroatoms. The monoisotopic (exact) mass is 645 g/mol. The molecule has 0 unspecified atom stereocenters. The molecule has 2 aromatic heterocycles. The first-order valence-electron chi connectivity index (χ1n) is 16.5. The Bertz CT molecular complexity index is 2300. The Kier molecular flexibility index (Phi) is 6.35. The van der Waals surface area contributed by atoms with E-state index in [4.69, 9.17) is 24.4 Å². The first kappa shape index (κ1) is 28.1. The van der Waals surface area contributed by atoms with Crippen molar-refractivity contribution in [3.05, 3.63) is 164 Å². The fourth-order valence-corrected chi connectivity index (χ4v) is 6.83. The Morgan fingerprint density at radius 2 is 0.740 bits per heavy atom. The van der Waals surface area contributed by atoms with Crippen LogP contribution in [0.4, 0.5) is 34.3 Å². The van der Waals surface area contributed by atoms with Crippen LogP contribution in [0.2, 0.25) is 0 Å². The van der Waals surface area contributed by atoms with E-state index in [9.17, 15) is 0 Å². The van der Waals surface area contributed by atoms with Gasteiger partial charge in [-0.1, -0.05) is 109 Å². The Morgan fingerprint density at radius 1 is 0.360 bits per heavy atom. The first-order chi connectivity index (χ1) is 24.8. The minimum atomic E-state index is 0.645. The highest BCUT2D eigenvalue weighted by atomic mass is 16.5. The molecule has 2 aliphatic heterocycles. The van der Waals surface area contributed by atoms with Crippen molar-refractivity contribution in [1.29, 1.82) is 0 Å². The van der Waals surface area contributed by atoms with Gasteiger partial charge in [-0.15, -0.1) is 0 Å². The number of anilines is 6. The highest BCUT2D eigenvalue weighted by Gasteiger charge is 2.33. The van der Waals surface area contributed by atoms with Crippen LogP contribution in [-0.4, -0.2) is 15.0 Å². The fourth-order valence-electron chi connectivity index (χ4n) is 6.83. The number of hydrogen-bond acceptors (Lipinski definition) is 7. The van der Waals surface area contributed by atoms with Crippen LogP contribution in [0.5, 0.6) is 23.0 Å². The number of benzene rings is 6. The molecule has 0 spiro atoms. The van der Waals surface area contributed by atoms with Crippen molar-refractivity contribution in [3.8, 4) is 45.5 Å². The van der Waals surface area contributed by atoms with Crippen molar-refractivity contribution in [2.75, 3.05) is 9.80 Å². The lowest BCUT2D eigenvalue weighted by molar-refractivity contribution is 0.476. The number of rotatable bonds is 4. The van der Waals surface area contributed by atoms with Crippen molar-refractivity contribution < 1.29 is 9.47 Å². The predicted molar refractivity (Wildman–Crippen MR) is 198 cm³/mol. The smallest absolute Gasteiger partial charge is 0.166 e. The summed E-state index contributed by atoms with van der Waals surface area (Å²) < 4.78 is 12.8. The van der Waals surface area contributed by atoms with Crippen molar-refractivity contribution in [3.63, 3.8) is 0 Å². The van der Waals surface area contributed by atoms with E-state index in [0.29, 0.717) is 16.9 Å². The fraction of sp³-hybridized carbons (Fsp3) is 0. The van der Waals surface area contributed by atoms with Gasteiger partial charge < -0.3 is 9.47 Å². The predicted octanol–water partition coefficient (Wildman–Crippen LogP) is 11.5. The molecule has 2 aliphatic rings. The van der Waals surface area contributed by atoms with Gasteiger partial charge >= 0.3 is 0 Å². The van der Waals surface area contributed by atoms with Gasteiger partial charge in [0.1, 0.15) is 11.0 Å². The molecule has 0 radical (unpaired) electrons. The molecule has 10 rings (SSSR count). The Balaban J connectivity index is 1.33. The van der Waals surface area contributed by atoms with Crippen LogP contribution in [0.15, 0.2) is 164 Å². The van der Waals surface area contributed by atoms with Gasteiger partial charge in [-0.05, 0) is 48.5 Å². The van der Waals surface area contributed by atoms with E-state index in [1.54, 1.807) is 0 Å². The summed E-state index contributed by atoms with van der Waals surface area (Å²) in [6, 6.07) is 52.6. The van der Waals surface area contributed by atoms with Gasteiger partial charge in [0.05, 0.1) is 46.0 Å². The van der Waals surface area contributed by atoms with Gasteiger partial charge in [-0.2, -0.15) is 0 Å². The SMILES string of the molecule is c1ccc(-c2nc3c(N4c5ccccc5Oc5ccccc54)cnc(N4c5ccccc5Oc5ccccc54)c3nc2-c2ccccc2)cc1. The van der Waals surface area contributed by atoms with Crippen LogP contribution in [0, 0.1) is 0 Å². The third-order valence-corrected chi connectivity index (χ3v) is 9.07. The second kappa shape index (κ2) is 11.3. The van der Waals surface area contributed by atoms with Gasteiger partial charge in [0.2, 0.25) is 0 Å². The third-order valence-electron chi connectivity index (χ3n) is 9.07. The Labute approximate surface area is 288 Å². The van der Waals surface area contributed by atoms with Crippen LogP contribution >= 0.6 is 0 Å². The zero-order valence-corrected chi connectivity index (χ0v) is 26.6. The molecule has 0 aliphatic carbocycles. The summed E-state index contributed by atoms with van der Waals surface area (Å²) in [4.78, 5) is 20.7. The molecule has 0 saturated heterocycles. The van der Waals surface area contributed by atoms with Crippen molar-refractivity contribution >= 4 is 45.3 Å². The topological polar surface area (TPSA) is 63.6 Å². The maximum Gasteiger partial charge on any atom is 0.166 e. The summed E-state index contributed by atoms with van der Waals surface area (Å²) in [5.74, 6) is 3.61. The summed E-state index contributed by atoms with van der Waals surface area (Å²) in [6.45, 7) is 0. The van der Waals surface area contributed by atoms with Crippen LogP contribution < -0.4 is 19.3 Å². The zero-order valence-electron chi connectivity index (χ0n) is 26.6. The molecule has 0 saturated carbocycles. The summed E-state index contributed by atoms with van der Waals surface area (Å²) in [5.41, 5.74) is 9.11. The molecule has 0 amide bonds. The molecular weight excluding hydrogens is 619 g/mol. The lowest BCUT2D eigenvalue weighted by Gasteiger charge is -2.34. The van der Waals surface area contributed by atoms with Gasteiger partial charge in [0.15, 0.2) is 28.8 Å². The molecule has 0 bridgehead atoms. The number of fused-ring (bicyclic) bond motifs is 5. The third kappa shape index (κ3) is 4.41. The van der Waals surface area contributed by atoms with E-state index < -0.39 is 0 Å². The minimum absolute atomic E-state index is 0.645. The van der Waals surface area contributed by atoms with Crippen molar-refractivity contribution in [1.82, 2.24) is 15.0 Å². The minimum Gasteiger partial charge on any atom is -0.453 e. The summed E-state index contributed by atoms with van der Waals surface area (Å²) in [7, 11) is 0. The average molecular weight is 646 g/mol. The maximum absolute atomic E-state index is 6.39. The molecule has 0 atom stereocenters. The van der Waals surface area contributed by atoms with Crippen LogP contribution in [0.1, 0.15) is 0 Å². The van der Waals surface area contributed by atoms with E-state index in [1.165, 1.54) is 0 Å². The first-order valence-corrected chi connectivity index (χ1v) is 16.5. The summed E-state index contributed by atoms with van der Waals surface area (Å²) in [6.07, 6.45) is 1.91. The number of ether oxygens (including phenoxy) is 2. The van der Waals surface area contributed by atoms with Crippen molar-refractivity contribution in [2.45, 2.75) is 0 Å². The lowest BCUT2D eigenvalue weighted by Crippen LogP contribution is -2.20. The number of para-hydroxylation sites is 8. The Morgan fingerprint density at radius 3 is 1.20 bits per heavy atom. The molecular formula is C43H27N5O2. The number of pyridine rings is 1. The second-order valence-corrected chi connectivity index (χ2v) is 12.1. The number of hydrogen-bond donors (Lipinski definition) is 0. The number of nitrogens with zero attached hydrogens (tertiary/aromatic N) is 5.